The molecule has 1 amide bonds. The standard InChI is InChI=1S/C21H20FNO3S/c1-13-5-4-6-18(22)19(13)21(24)23-16-9-7-15(8-10-16)20-14(2)11-17(27-20)12-26-25-3/h4-11H,12H2,1-3H3,(H,23,24). The summed E-state index contributed by atoms with van der Waals surface area (Å²) in [5.41, 5.74) is 3.47. The molecule has 0 bridgehead atoms. The van der Waals surface area contributed by atoms with Crippen molar-refractivity contribution < 1.29 is 19.0 Å². The molecule has 6 heteroatoms. The summed E-state index contributed by atoms with van der Waals surface area (Å²) in [4.78, 5) is 24.2. The lowest BCUT2D eigenvalue weighted by molar-refractivity contribution is -0.281. The van der Waals surface area contributed by atoms with Gasteiger partial charge in [-0.05, 0) is 54.8 Å². The Balaban J connectivity index is 1.76. The fourth-order valence-electron chi connectivity index (χ4n) is 2.84. The van der Waals surface area contributed by atoms with Gasteiger partial charge in [0.15, 0.2) is 0 Å². The van der Waals surface area contributed by atoms with E-state index in [1.165, 1.54) is 13.2 Å². The zero-order valence-electron chi connectivity index (χ0n) is 15.3. The van der Waals surface area contributed by atoms with Gasteiger partial charge in [0.1, 0.15) is 12.4 Å². The number of halogens is 1. The van der Waals surface area contributed by atoms with Crippen LogP contribution in [0, 0.1) is 19.7 Å². The maximum Gasteiger partial charge on any atom is 0.258 e. The molecule has 0 fully saturated rings. The minimum absolute atomic E-state index is 0.0680. The molecular weight excluding hydrogens is 365 g/mol. The van der Waals surface area contributed by atoms with Crippen molar-refractivity contribution in [3.05, 3.63) is 75.9 Å². The number of carbonyl (C=O) groups excluding carboxylic acids is 1. The minimum atomic E-state index is -0.524. The van der Waals surface area contributed by atoms with Crippen LogP contribution < -0.4 is 5.32 Å². The molecule has 3 rings (SSSR count). The van der Waals surface area contributed by atoms with Crippen molar-refractivity contribution in [3.63, 3.8) is 0 Å². The van der Waals surface area contributed by atoms with Crippen LogP contribution in [0.2, 0.25) is 0 Å². The molecule has 0 aliphatic rings. The number of hydrogen-bond donors (Lipinski definition) is 1. The first-order chi connectivity index (χ1) is 13.0. The first kappa shape index (κ1) is 19.2. The fraction of sp³-hybridized carbons (Fsp3) is 0.190. The van der Waals surface area contributed by atoms with Crippen LogP contribution >= 0.6 is 11.3 Å². The predicted octanol–water partition coefficient (Wildman–Crippen LogP) is 5.50. The van der Waals surface area contributed by atoms with Gasteiger partial charge in [0, 0.05) is 15.4 Å². The number of nitrogens with one attached hydrogen (secondary N) is 1. The summed E-state index contributed by atoms with van der Waals surface area (Å²) in [6, 6.07) is 14.2. The number of rotatable bonds is 6. The maximum absolute atomic E-state index is 13.9. The zero-order chi connectivity index (χ0) is 19.4. The van der Waals surface area contributed by atoms with Crippen LogP contribution in [0.15, 0.2) is 48.5 Å². The molecule has 3 aromatic rings. The maximum atomic E-state index is 13.9. The van der Waals surface area contributed by atoms with Gasteiger partial charge in [0.2, 0.25) is 0 Å². The molecule has 140 valence electrons. The highest BCUT2D eigenvalue weighted by Gasteiger charge is 2.15. The van der Waals surface area contributed by atoms with E-state index in [4.69, 9.17) is 4.89 Å². The Bertz CT molecular complexity index is 930. The fourth-order valence-corrected chi connectivity index (χ4v) is 3.92. The Kier molecular flexibility index (Phi) is 6.01. The van der Waals surface area contributed by atoms with Gasteiger partial charge < -0.3 is 5.32 Å². The quantitative estimate of drug-likeness (QED) is 0.450. The number of carbonyl (C=O) groups is 1. The van der Waals surface area contributed by atoms with Gasteiger partial charge in [-0.25, -0.2) is 14.2 Å². The first-order valence-electron chi connectivity index (χ1n) is 8.41. The van der Waals surface area contributed by atoms with Crippen molar-refractivity contribution in [1.82, 2.24) is 0 Å². The highest BCUT2D eigenvalue weighted by molar-refractivity contribution is 7.15. The molecule has 0 atom stereocenters. The van der Waals surface area contributed by atoms with Crippen molar-refractivity contribution in [2.75, 3.05) is 12.4 Å². The molecule has 0 saturated heterocycles. The molecular formula is C21H20FNO3S. The molecule has 2 aromatic carbocycles. The Morgan fingerprint density at radius 3 is 2.52 bits per heavy atom. The monoisotopic (exact) mass is 385 g/mol. The molecule has 0 radical (unpaired) electrons. The highest BCUT2D eigenvalue weighted by atomic mass is 32.1. The Hall–Kier alpha value is -2.54. The van der Waals surface area contributed by atoms with Crippen molar-refractivity contribution >= 4 is 22.9 Å². The summed E-state index contributed by atoms with van der Waals surface area (Å²) in [5, 5.41) is 2.75. The minimum Gasteiger partial charge on any atom is -0.322 e. The van der Waals surface area contributed by atoms with E-state index in [0.717, 1.165) is 20.9 Å². The number of aryl methyl sites for hydroxylation is 2. The number of amides is 1. The van der Waals surface area contributed by atoms with Crippen molar-refractivity contribution in [1.29, 1.82) is 0 Å². The molecule has 0 unspecified atom stereocenters. The number of benzene rings is 2. The molecule has 27 heavy (non-hydrogen) atoms. The van der Waals surface area contributed by atoms with E-state index in [0.29, 0.717) is 17.9 Å². The van der Waals surface area contributed by atoms with Gasteiger partial charge in [-0.1, -0.05) is 24.3 Å². The summed E-state index contributed by atoms with van der Waals surface area (Å²) in [6.45, 7) is 4.16. The van der Waals surface area contributed by atoms with E-state index < -0.39 is 11.7 Å². The third-order valence-electron chi connectivity index (χ3n) is 4.14. The van der Waals surface area contributed by atoms with Gasteiger partial charge >= 0.3 is 0 Å². The van der Waals surface area contributed by atoms with Crippen molar-refractivity contribution in [2.45, 2.75) is 20.5 Å². The van der Waals surface area contributed by atoms with E-state index in [1.54, 1.807) is 30.4 Å². The summed E-state index contributed by atoms with van der Waals surface area (Å²) in [5.74, 6) is -0.978. The summed E-state index contributed by atoms with van der Waals surface area (Å²) in [7, 11) is 1.48. The van der Waals surface area contributed by atoms with Crippen LogP contribution in [0.3, 0.4) is 0 Å². The lowest BCUT2D eigenvalue weighted by atomic mass is 10.1. The van der Waals surface area contributed by atoms with Crippen LogP contribution in [-0.2, 0) is 16.4 Å². The van der Waals surface area contributed by atoms with Gasteiger partial charge in [-0.2, -0.15) is 0 Å². The Morgan fingerprint density at radius 2 is 1.85 bits per heavy atom. The van der Waals surface area contributed by atoms with E-state index in [9.17, 15) is 9.18 Å². The van der Waals surface area contributed by atoms with E-state index in [-0.39, 0.29) is 5.56 Å². The molecule has 0 aliphatic carbocycles. The van der Waals surface area contributed by atoms with Gasteiger partial charge in [0.05, 0.1) is 12.7 Å². The number of hydrogen-bond acceptors (Lipinski definition) is 4. The molecule has 1 heterocycles. The average Bonchev–Trinajstić information content (AvgIpc) is 3.01. The van der Waals surface area contributed by atoms with Crippen LogP contribution in [-0.4, -0.2) is 13.0 Å². The second kappa shape index (κ2) is 8.43. The van der Waals surface area contributed by atoms with Crippen LogP contribution in [0.1, 0.15) is 26.4 Å². The zero-order valence-corrected chi connectivity index (χ0v) is 16.2. The normalized spacial score (nSPS) is 10.8. The second-order valence-corrected chi connectivity index (χ2v) is 7.25. The summed E-state index contributed by atoms with van der Waals surface area (Å²) < 4.78 is 13.9. The lowest BCUT2D eigenvalue weighted by Crippen LogP contribution is -2.15. The van der Waals surface area contributed by atoms with E-state index in [2.05, 4.69) is 16.3 Å². The number of anilines is 1. The van der Waals surface area contributed by atoms with Gasteiger partial charge in [-0.3, -0.25) is 4.79 Å². The van der Waals surface area contributed by atoms with E-state index >= 15 is 0 Å². The molecule has 0 aliphatic heterocycles. The summed E-state index contributed by atoms with van der Waals surface area (Å²) >= 11 is 1.63. The molecule has 0 saturated carbocycles. The lowest BCUT2D eigenvalue weighted by Gasteiger charge is -2.09. The second-order valence-electron chi connectivity index (χ2n) is 6.12. The average molecular weight is 385 g/mol. The van der Waals surface area contributed by atoms with Crippen molar-refractivity contribution in [3.8, 4) is 10.4 Å². The molecule has 4 nitrogen and oxygen atoms in total. The smallest absolute Gasteiger partial charge is 0.258 e. The topological polar surface area (TPSA) is 47.6 Å². The SMILES string of the molecule is COOCc1cc(C)c(-c2ccc(NC(=O)c3c(C)cccc3F)cc2)s1. The molecule has 1 aromatic heterocycles. The largest absolute Gasteiger partial charge is 0.322 e. The Labute approximate surface area is 161 Å². The van der Waals surface area contributed by atoms with E-state index in [1.807, 2.05) is 31.2 Å². The first-order valence-corrected chi connectivity index (χ1v) is 9.23. The van der Waals surface area contributed by atoms with Crippen LogP contribution in [0.4, 0.5) is 10.1 Å². The van der Waals surface area contributed by atoms with Crippen LogP contribution in [0.5, 0.6) is 0 Å². The Morgan fingerprint density at radius 1 is 1.11 bits per heavy atom. The van der Waals surface area contributed by atoms with Crippen molar-refractivity contribution in [2.24, 2.45) is 0 Å². The molecule has 1 N–H and O–H groups in total. The highest BCUT2D eigenvalue weighted by Crippen LogP contribution is 2.33. The van der Waals surface area contributed by atoms with Gasteiger partial charge in [0.25, 0.3) is 5.91 Å². The number of thiophene rings is 1. The predicted molar refractivity (Wildman–Crippen MR) is 105 cm³/mol. The van der Waals surface area contributed by atoms with Gasteiger partial charge in [-0.15, -0.1) is 11.3 Å². The third kappa shape index (κ3) is 4.42. The molecule has 0 spiro atoms. The summed E-state index contributed by atoms with van der Waals surface area (Å²) in [6.07, 6.45) is 0. The van der Waals surface area contributed by atoms with Crippen LogP contribution in [0.25, 0.3) is 10.4 Å². The third-order valence-corrected chi connectivity index (χ3v) is 5.40.